The summed E-state index contributed by atoms with van der Waals surface area (Å²) in [4.78, 5) is 0. The minimum atomic E-state index is -2.85. The van der Waals surface area contributed by atoms with E-state index in [1.54, 1.807) is 0 Å². The van der Waals surface area contributed by atoms with Crippen molar-refractivity contribution in [2.24, 2.45) is 5.41 Å². The van der Waals surface area contributed by atoms with Gasteiger partial charge >= 0.3 is 0 Å². The molecule has 0 aromatic rings. The molecular formula is C8H16Cl2O2S. The molecule has 0 rings (SSSR count). The molecule has 5 heteroatoms. The van der Waals surface area contributed by atoms with Crippen LogP contribution in [0.3, 0.4) is 0 Å². The first kappa shape index (κ1) is 13.5. The lowest BCUT2D eigenvalue weighted by Crippen LogP contribution is -2.21. The van der Waals surface area contributed by atoms with E-state index in [-0.39, 0.29) is 11.2 Å². The number of alkyl halides is 2. The van der Waals surface area contributed by atoms with E-state index in [1.165, 1.54) is 6.26 Å². The molecule has 0 N–H and O–H groups in total. The smallest absolute Gasteiger partial charge is 0.147 e. The van der Waals surface area contributed by atoms with Crippen LogP contribution in [0.2, 0.25) is 0 Å². The summed E-state index contributed by atoms with van der Waals surface area (Å²) in [6.45, 7) is 1.97. The summed E-state index contributed by atoms with van der Waals surface area (Å²) in [5.41, 5.74) is -0.131. The Kier molecular flexibility index (Phi) is 5.64. The van der Waals surface area contributed by atoms with E-state index in [4.69, 9.17) is 23.2 Å². The third-order valence-electron chi connectivity index (χ3n) is 1.94. The highest BCUT2D eigenvalue weighted by molar-refractivity contribution is 7.90. The van der Waals surface area contributed by atoms with Gasteiger partial charge in [0.2, 0.25) is 0 Å². The molecular weight excluding hydrogens is 231 g/mol. The van der Waals surface area contributed by atoms with Gasteiger partial charge in [0.1, 0.15) is 9.84 Å². The van der Waals surface area contributed by atoms with Crippen LogP contribution in [0.4, 0.5) is 0 Å². The van der Waals surface area contributed by atoms with E-state index in [2.05, 4.69) is 0 Å². The van der Waals surface area contributed by atoms with Crippen molar-refractivity contribution in [2.45, 2.75) is 19.8 Å². The van der Waals surface area contributed by atoms with Gasteiger partial charge in [-0.3, -0.25) is 0 Å². The molecule has 0 saturated heterocycles. The fourth-order valence-corrected chi connectivity index (χ4v) is 2.15. The van der Waals surface area contributed by atoms with Crippen LogP contribution >= 0.6 is 23.2 Å². The van der Waals surface area contributed by atoms with Crippen molar-refractivity contribution >= 4 is 33.0 Å². The Labute approximate surface area is 90.5 Å². The van der Waals surface area contributed by atoms with Gasteiger partial charge in [0.25, 0.3) is 0 Å². The lowest BCUT2D eigenvalue weighted by atomic mass is 9.90. The van der Waals surface area contributed by atoms with Crippen molar-refractivity contribution in [1.29, 1.82) is 0 Å². The lowest BCUT2D eigenvalue weighted by Gasteiger charge is -2.23. The molecule has 0 aromatic carbocycles. The normalized spacial score (nSPS) is 13.2. The molecule has 0 saturated carbocycles. The number of sulfone groups is 1. The van der Waals surface area contributed by atoms with Gasteiger partial charge in [-0.1, -0.05) is 6.92 Å². The van der Waals surface area contributed by atoms with E-state index in [0.29, 0.717) is 18.2 Å². The largest absolute Gasteiger partial charge is 0.229 e. The topological polar surface area (TPSA) is 34.1 Å². The van der Waals surface area contributed by atoms with Crippen LogP contribution in [0.1, 0.15) is 19.8 Å². The van der Waals surface area contributed by atoms with Crippen molar-refractivity contribution in [3.8, 4) is 0 Å². The van der Waals surface area contributed by atoms with Crippen LogP contribution in [0, 0.1) is 5.41 Å². The lowest BCUT2D eigenvalue weighted by molar-refractivity contribution is 0.386. The molecule has 0 aliphatic carbocycles. The molecule has 0 aliphatic rings. The SMILES string of the molecule is CC(CCl)(CCl)CCCS(C)(=O)=O. The van der Waals surface area contributed by atoms with Crippen molar-refractivity contribution < 1.29 is 8.42 Å². The zero-order valence-corrected chi connectivity index (χ0v) is 10.3. The summed E-state index contributed by atoms with van der Waals surface area (Å²) in [6.07, 6.45) is 2.63. The predicted octanol–water partition coefficient (Wildman–Crippen LogP) is 2.30. The van der Waals surface area contributed by atoms with Crippen molar-refractivity contribution in [3.05, 3.63) is 0 Å². The summed E-state index contributed by atoms with van der Waals surface area (Å²) in [7, 11) is -2.85. The number of hydrogen-bond acceptors (Lipinski definition) is 2. The van der Waals surface area contributed by atoms with E-state index >= 15 is 0 Å². The standard InChI is InChI=1S/C8H16Cl2O2S/c1-8(6-9,7-10)4-3-5-13(2,11)12/h3-7H2,1-2H3. The highest BCUT2D eigenvalue weighted by atomic mass is 35.5. The molecule has 0 aliphatic heterocycles. The summed E-state index contributed by atoms with van der Waals surface area (Å²) >= 11 is 11.4. The second kappa shape index (κ2) is 5.42. The second-order valence-corrected chi connectivity index (χ2v) is 6.61. The molecule has 0 amide bonds. The fourth-order valence-electron chi connectivity index (χ4n) is 0.930. The predicted molar refractivity (Wildman–Crippen MR) is 58.5 cm³/mol. The summed E-state index contributed by atoms with van der Waals surface area (Å²) < 4.78 is 21.7. The van der Waals surface area contributed by atoms with Crippen molar-refractivity contribution in [1.82, 2.24) is 0 Å². The number of halogens is 2. The first-order valence-corrected chi connectivity index (χ1v) is 7.25. The highest BCUT2D eigenvalue weighted by Gasteiger charge is 2.22. The molecule has 0 aromatic heterocycles. The maximum Gasteiger partial charge on any atom is 0.147 e. The summed E-state index contributed by atoms with van der Waals surface area (Å²) in [5.74, 6) is 1.16. The molecule has 0 spiro atoms. The molecule has 0 unspecified atom stereocenters. The maximum absolute atomic E-state index is 10.8. The van der Waals surface area contributed by atoms with E-state index < -0.39 is 9.84 Å². The van der Waals surface area contributed by atoms with Gasteiger partial charge in [-0.2, -0.15) is 0 Å². The maximum atomic E-state index is 10.8. The minimum absolute atomic E-state index is 0.131. The summed E-state index contributed by atoms with van der Waals surface area (Å²) in [5, 5.41) is 0. The third-order valence-corrected chi connectivity index (χ3v) is 4.26. The quantitative estimate of drug-likeness (QED) is 0.675. The molecule has 13 heavy (non-hydrogen) atoms. The van der Waals surface area contributed by atoms with Crippen LogP contribution in [0.15, 0.2) is 0 Å². The first-order chi connectivity index (χ1) is 5.83. The fraction of sp³-hybridized carbons (Fsp3) is 1.00. The Balaban J connectivity index is 3.88. The van der Waals surface area contributed by atoms with E-state index in [1.807, 2.05) is 6.92 Å². The molecule has 0 radical (unpaired) electrons. The van der Waals surface area contributed by atoms with Gasteiger partial charge in [-0.15, -0.1) is 23.2 Å². The van der Waals surface area contributed by atoms with Crippen LogP contribution in [0.25, 0.3) is 0 Å². The Bertz CT molecular complexity index is 233. The molecule has 0 fully saturated rings. The average molecular weight is 247 g/mol. The Morgan fingerprint density at radius 3 is 2.00 bits per heavy atom. The second-order valence-electron chi connectivity index (χ2n) is 3.81. The van der Waals surface area contributed by atoms with Crippen LogP contribution < -0.4 is 0 Å². The first-order valence-electron chi connectivity index (χ1n) is 4.13. The molecule has 80 valence electrons. The van der Waals surface area contributed by atoms with Gasteiger partial charge in [-0.05, 0) is 18.3 Å². The zero-order valence-electron chi connectivity index (χ0n) is 8.02. The van der Waals surface area contributed by atoms with Crippen LogP contribution in [-0.4, -0.2) is 32.2 Å². The van der Waals surface area contributed by atoms with Crippen molar-refractivity contribution in [2.75, 3.05) is 23.8 Å². The molecule has 0 heterocycles. The van der Waals surface area contributed by atoms with Gasteiger partial charge in [0, 0.05) is 23.8 Å². The van der Waals surface area contributed by atoms with E-state index in [9.17, 15) is 8.42 Å². The Hall–Kier alpha value is 0.530. The molecule has 2 nitrogen and oxygen atoms in total. The van der Waals surface area contributed by atoms with Gasteiger partial charge in [0.15, 0.2) is 0 Å². The average Bonchev–Trinajstić information content (AvgIpc) is 2.02. The monoisotopic (exact) mass is 246 g/mol. The minimum Gasteiger partial charge on any atom is -0.229 e. The van der Waals surface area contributed by atoms with Crippen LogP contribution in [-0.2, 0) is 9.84 Å². The zero-order chi connectivity index (χ0) is 10.5. The summed E-state index contributed by atoms with van der Waals surface area (Å²) in [6, 6.07) is 0. The van der Waals surface area contributed by atoms with Crippen LogP contribution in [0.5, 0.6) is 0 Å². The highest BCUT2D eigenvalue weighted by Crippen LogP contribution is 2.26. The van der Waals surface area contributed by atoms with Gasteiger partial charge in [0.05, 0.1) is 0 Å². The Morgan fingerprint density at radius 1 is 1.23 bits per heavy atom. The Morgan fingerprint density at radius 2 is 1.69 bits per heavy atom. The van der Waals surface area contributed by atoms with E-state index in [0.717, 1.165) is 6.42 Å². The molecule has 0 atom stereocenters. The van der Waals surface area contributed by atoms with Gasteiger partial charge < -0.3 is 0 Å². The number of hydrogen-bond donors (Lipinski definition) is 0. The number of rotatable bonds is 6. The third kappa shape index (κ3) is 6.58. The molecule has 0 bridgehead atoms. The van der Waals surface area contributed by atoms with Gasteiger partial charge in [-0.25, -0.2) is 8.42 Å². The van der Waals surface area contributed by atoms with Crippen molar-refractivity contribution in [3.63, 3.8) is 0 Å².